The number of nitriles is 1. The predicted molar refractivity (Wildman–Crippen MR) is 60.0 cm³/mol. The molecule has 0 unspecified atom stereocenters. The van der Waals surface area contributed by atoms with E-state index in [2.05, 4.69) is 33.6 Å². The first-order valence-corrected chi connectivity index (χ1v) is 5.71. The number of rotatable bonds is 2. The summed E-state index contributed by atoms with van der Waals surface area (Å²) in [6.45, 7) is 0. The quantitative estimate of drug-likeness (QED) is 0.621. The van der Waals surface area contributed by atoms with E-state index in [1.165, 1.54) is 11.8 Å². The van der Waals surface area contributed by atoms with Gasteiger partial charge in [-0.1, -0.05) is 0 Å². The van der Waals surface area contributed by atoms with Gasteiger partial charge in [-0.2, -0.15) is 5.26 Å². The molecule has 0 amide bonds. The zero-order valence-electron chi connectivity index (χ0n) is 7.17. The maximum Gasteiger partial charge on any atom is 0.169 e. The van der Waals surface area contributed by atoms with Crippen LogP contribution < -0.4 is 4.74 Å². The largest absolute Gasteiger partial charge is 0.492 e. The van der Waals surface area contributed by atoms with Gasteiger partial charge >= 0.3 is 0 Å². The molecule has 0 aliphatic carbocycles. The molecule has 68 valence electrons. The molecule has 0 atom stereocenters. The van der Waals surface area contributed by atoms with E-state index in [9.17, 15) is 0 Å². The first kappa shape index (κ1) is 10.6. The second-order valence-corrected chi connectivity index (χ2v) is 4.09. The van der Waals surface area contributed by atoms with Gasteiger partial charge < -0.3 is 4.74 Å². The van der Waals surface area contributed by atoms with Crippen LogP contribution in [0.3, 0.4) is 0 Å². The fourth-order valence-corrected chi connectivity index (χ4v) is 1.93. The molecule has 13 heavy (non-hydrogen) atoms. The fourth-order valence-electron chi connectivity index (χ4n) is 0.893. The van der Waals surface area contributed by atoms with E-state index in [0.29, 0.717) is 11.3 Å². The first-order valence-electron chi connectivity index (χ1n) is 3.41. The zero-order valence-corrected chi connectivity index (χ0v) is 10.1. The summed E-state index contributed by atoms with van der Waals surface area (Å²) in [6, 6.07) is 2.10. The Labute approximate surface area is 94.6 Å². The average molecular weight is 306 g/mol. The molecule has 0 saturated heterocycles. The van der Waals surface area contributed by atoms with E-state index in [0.717, 1.165) is 8.60 Å². The lowest BCUT2D eigenvalue weighted by Crippen LogP contribution is -1.95. The standard InChI is InChI=1S/C8H7IN2OS/c1-12-7-5(3-10)6(9)4-11-8(7)13-2/h4H,1-2H3. The maximum absolute atomic E-state index is 8.88. The molecule has 0 bridgehead atoms. The van der Waals surface area contributed by atoms with Crippen molar-refractivity contribution >= 4 is 34.4 Å². The topological polar surface area (TPSA) is 45.9 Å². The Hall–Kier alpha value is -0.480. The van der Waals surface area contributed by atoms with Gasteiger partial charge in [0.25, 0.3) is 0 Å². The van der Waals surface area contributed by atoms with Crippen molar-refractivity contribution in [3.63, 3.8) is 0 Å². The van der Waals surface area contributed by atoms with Crippen LogP contribution in [0.1, 0.15) is 5.56 Å². The Morgan fingerprint density at radius 1 is 1.69 bits per heavy atom. The van der Waals surface area contributed by atoms with E-state index in [1.54, 1.807) is 13.3 Å². The summed E-state index contributed by atoms with van der Waals surface area (Å²) in [5, 5.41) is 9.63. The first-order chi connectivity index (χ1) is 6.24. The van der Waals surface area contributed by atoms with E-state index < -0.39 is 0 Å². The molecule has 0 saturated carbocycles. The van der Waals surface area contributed by atoms with Crippen LogP contribution in [0.15, 0.2) is 11.2 Å². The van der Waals surface area contributed by atoms with Crippen LogP contribution in [-0.4, -0.2) is 18.3 Å². The highest BCUT2D eigenvalue weighted by molar-refractivity contribution is 14.1. The molecular formula is C8H7IN2OS. The number of ether oxygens (including phenoxy) is 1. The Morgan fingerprint density at radius 3 is 2.85 bits per heavy atom. The third kappa shape index (κ3) is 2.06. The molecule has 0 aliphatic heterocycles. The van der Waals surface area contributed by atoms with E-state index >= 15 is 0 Å². The molecule has 3 nitrogen and oxygen atoms in total. The Morgan fingerprint density at radius 2 is 2.38 bits per heavy atom. The predicted octanol–water partition coefficient (Wildman–Crippen LogP) is 2.29. The molecule has 1 rings (SSSR count). The maximum atomic E-state index is 8.88. The highest BCUT2D eigenvalue weighted by Gasteiger charge is 2.12. The lowest BCUT2D eigenvalue weighted by Gasteiger charge is -2.07. The van der Waals surface area contributed by atoms with Gasteiger partial charge in [-0.25, -0.2) is 4.98 Å². The minimum Gasteiger partial charge on any atom is -0.492 e. The SMILES string of the molecule is COc1c(SC)ncc(I)c1C#N. The van der Waals surface area contributed by atoms with Gasteiger partial charge in [-0.15, -0.1) is 11.8 Å². The van der Waals surface area contributed by atoms with Crippen LogP contribution in [0.2, 0.25) is 0 Å². The average Bonchev–Trinajstić information content (AvgIpc) is 2.17. The Balaban J connectivity index is 3.38. The van der Waals surface area contributed by atoms with Crippen molar-refractivity contribution in [2.45, 2.75) is 5.03 Å². The highest BCUT2D eigenvalue weighted by atomic mass is 127. The molecule has 1 aromatic heterocycles. The molecule has 0 N–H and O–H groups in total. The third-order valence-corrected chi connectivity index (χ3v) is 2.96. The van der Waals surface area contributed by atoms with Crippen molar-refractivity contribution in [2.24, 2.45) is 0 Å². The lowest BCUT2D eigenvalue weighted by atomic mass is 10.3. The van der Waals surface area contributed by atoms with Gasteiger partial charge in [0.15, 0.2) is 5.75 Å². The van der Waals surface area contributed by atoms with Crippen LogP contribution >= 0.6 is 34.4 Å². The van der Waals surface area contributed by atoms with Crippen LogP contribution in [-0.2, 0) is 0 Å². The molecule has 1 aromatic rings. The Bertz CT molecular complexity index is 362. The molecule has 0 radical (unpaired) electrons. The molecule has 0 aromatic carbocycles. The van der Waals surface area contributed by atoms with Crippen molar-refractivity contribution in [2.75, 3.05) is 13.4 Å². The number of thioether (sulfide) groups is 1. The fraction of sp³-hybridized carbons (Fsp3) is 0.250. The minimum atomic E-state index is 0.558. The number of aromatic nitrogens is 1. The van der Waals surface area contributed by atoms with Crippen LogP contribution in [0.5, 0.6) is 5.75 Å². The summed E-state index contributed by atoms with van der Waals surface area (Å²) < 4.78 is 5.94. The van der Waals surface area contributed by atoms with Gasteiger partial charge in [0, 0.05) is 6.20 Å². The summed E-state index contributed by atoms with van der Waals surface area (Å²) in [7, 11) is 1.55. The van der Waals surface area contributed by atoms with E-state index in [1.807, 2.05) is 6.26 Å². The Kier molecular flexibility index (Phi) is 3.81. The van der Waals surface area contributed by atoms with Crippen molar-refractivity contribution < 1.29 is 4.74 Å². The molecule has 0 aliphatic rings. The van der Waals surface area contributed by atoms with Crippen molar-refractivity contribution in [1.82, 2.24) is 4.98 Å². The van der Waals surface area contributed by atoms with Crippen molar-refractivity contribution in [1.29, 1.82) is 5.26 Å². The molecule has 0 spiro atoms. The number of nitrogens with zero attached hydrogens (tertiary/aromatic N) is 2. The van der Waals surface area contributed by atoms with Crippen LogP contribution in [0.4, 0.5) is 0 Å². The number of hydrogen-bond donors (Lipinski definition) is 0. The van der Waals surface area contributed by atoms with Crippen LogP contribution in [0, 0.1) is 14.9 Å². The third-order valence-electron chi connectivity index (χ3n) is 1.46. The van der Waals surface area contributed by atoms with E-state index in [-0.39, 0.29) is 0 Å². The van der Waals surface area contributed by atoms with Gasteiger partial charge in [0.05, 0.1) is 10.7 Å². The number of methoxy groups -OCH3 is 1. The number of pyridine rings is 1. The summed E-state index contributed by atoms with van der Waals surface area (Å²) in [5.74, 6) is 0.571. The van der Waals surface area contributed by atoms with Gasteiger partial charge in [-0.05, 0) is 28.8 Å². The molecule has 5 heteroatoms. The van der Waals surface area contributed by atoms with Gasteiger partial charge in [-0.3, -0.25) is 0 Å². The van der Waals surface area contributed by atoms with Gasteiger partial charge in [0.1, 0.15) is 16.7 Å². The van der Waals surface area contributed by atoms with Gasteiger partial charge in [0.2, 0.25) is 0 Å². The van der Waals surface area contributed by atoms with Crippen molar-refractivity contribution in [3.05, 3.63) is 15.3 Å². The summed E-state index contributed by atoms with van der Waals surface area (Å²) in [6.07, 6.45) is 3.58. The summed E-state index contributed by atoms with van der Waals surface area (Å²) >= 11 is 3.54. The normalized spacial score (nSPS) is 9.38. The second-order valence-electron chi connectivity index (χ2n) is 2.14. The molecular weight excluding hydrogens is 299 g/mol. The summed E-state index contributed by atoms with van der Waals surface area (Å²) in [5.41, 5.74) is 0.558. The molecule has 1 heterocycles. The smallest absolute Gasteiger partial charge is 0.169 e. The molecule has 0 fully saturated rings. The lowest BCUT2D eigenvalue weighted by molar-refractivity contribution is 0.399. The summed E-state index contributed by atoms with van der Waals surface area (Å²) in [4.78, 5) is 4.16. The van der Waals surface area contributed by atoms with Crippen molar-refractivity contribution in [3.8, 4) is 11.8 Å². The second kappa shape index (κ2) is 4.67. The minimum absolute atomic E-state index is 0.558. The number of hydrogen-bond acceptors (Lipinski definition) is 4. The zero-order chi connectivity index (χ0) is 9.84. The highest BCUT2D eigenvalue weighted by Crippen LogP contribution is 2.31. The monoisotopic (exact) mass is 306 g/mol. The number of halogens is 1. The van der Waals surface area contributed by atoms with Crippen LogP contribution in [0.25, 0.3) is 0 Å². The van der Waals surface area contributed by atoms with E-state index in [4.69, 9.17) is 10.00 Å².